The summed E-state index contributed by atoms with van der Waals surface area (Å²) in [4.78, 5) is 0. The van der Waals surface area contributed by atoms with Gasteiger partial charge in [0, 0.05) is 0 Å². The van der Waals surface area contributed by atoms with Gasteiger partial charge in [0.15, 0.2) is 0 Å². The van der Waals surface area contributed by atoms with E-state index in [4.69, 9.17) is 0 Å². The summed E-state index contributed by atoms with van der Waals surface area (Å²) >= 11 is 4.89. The van der Waals surface area contributed by atoms with Crippen LogP contribution in [-0.2, 0) is 22.4 Å². The van der Waals surface area contributed by atoms with E-state index in [1.165, 1.54) is 0 Å². The summed E-state index contributed by atoms with van der Waals surface area (Å²) in [6, 6.07) is 0. The van der Waals surface area contributed by atoms with E-state index in [0.717, 1.165) is 0 Å². The van der Waals surface area contributed by atoms with Crippen LogP contribution in [0.5, 0.6) is 0 Å². The average Bonchev–Trinajstić information content (AvgIpc) is 2.96. The minimum atomic E-state index is 0. The smallest absolute Gasteiger partial charge is 0.122 e. The van der Waals surface area contributed by atoms with Gasteiger partial charge in [-0.05, 0) is 64.2 Å². The van der Waals surface area contributed by atoms with Crippen LogP contribution in [-0.4, -0.2) is 12.6 Å². The molecule has 0 saturated heterocycles. The van der Waals surface area contributed by atoms with Gasteiger partial charge in [-0.2, -0.15) is 0 Å². The van der Waals surface area contributed by atoms with Crippen LogP contribution in [0.3, 0.4) is 0 Å². The molecule has 0 nitrogen and oxygen atoms in total. The van der Waals surface area contributed by atoms with Gasteiger partial charge in [-0.1, -0.05) is 26.2 Å². The van der Waals surface area contributed by atoms with Crippen LogP contribution >= 0.6 is 43.6 Å². The maximum absolute atomic E-state index is 2.45. The minimum absolute atomic E-state index is 0. The Morgan fingerprint density at radius 1 is 0.474 bits per heavy atom. The van der Waals surface area contributed by atoms with Crippen molar-refractivity contribution < 1.29 is 22.4 Å². The van der Waals surface area contributed by atoms with Gasteiger partial charge in [0.05, 0.1) is 0 Å². The van der Waals surface area contributed by atoms with Gasteiger partial charge >= 0.3 is 22.4 Å². The molecular weight excluding hydrogens is 571 g/mol. The monoisotopic (exact) mass is 593 g/mol. The zero-order valence-corrected chi connectivity index (χ0v) is 20.5. The fraction of sp³-hybridized carbons (Fsp3) is 0.286. The van der Waals surface area contributed by atoms with Gasteiger partial charge in [0.1, 0.15) is 12.6 Å². The first kappa shape index (κ1) is 26.5. The first-order valence-corrected chi connectivity index (χ1v) is 16.9. The Labute approximate surface area is 167 Å². The maximum atomic E-state index is 2.45. The summed E-state index contributed by atoms with van der Waals surface area (Å²) in [6.07, 6.45) is 20.2. The van der Waals surface area contributed by atoms with Gasteiger partial charge in [-0.25, -0.2) is 0 Å². The SMILES string of the molecule is C[Si](C)I.C[Si](C)I.[CH]1[CH][CH][CH][CH]1.[CH]1[CH][CH][CH][CH]1.[Nb+2]. The van der Waals surface area contributed by atoms with E-state index in [2.05, 4.69) is 69.8 Å². The third-order valence-corrected chi connectivity index (χ3v) is 1.11. The summed E-state index contributed by atoms with van der Waals surface area (Å²) in [5.74, 6) is 0. The Balaban J connectivity index is -0.000000178. The van der Waals surface area contributed by atoms with Gasteiger partial charge in [-0.3, -0.25) is 0 Å². The van der Waals surface area contributed by atoms with Crippen LogP contribution in [0.4, 0.5) is 0 Å². The predicted octanol–water partition coefficient (Wildman–Crippen LogP) is 5.39. The molecule has 2 fully saturated rings. The van der Waals surface area contributed by atoms with Gasteiger partial charge in [-0.15, -0.1) is 43.6 Å². The molecule has 2 aliphatic rings. The number of hydrogen-bond acceptors (Lipinski definition) is 0. The van der Waals surface area contributed by atoms with Crippen LogP contribution in [0.25, 0.3) is 0 Å². The van der Waals surface area contributed by atoms with E-state index in [0.29, 0.717) is 0 Å². The van der Waals surface area contributed by atoms with Crippen molar-refractivity contribution in [3.05, 3.63) is 64.2 Å². The van der Waals surface area contributed by atoms with Crippen molar-refractivity contribution in [2.24, 2.45) is 0 Å². The Bertz CT molecular complexity index is 103. The molecule has 19 heavy (non-hydrogen) atoms. The van der Waals surface area contributed by atoms with Crippen LogP contribution in [0.15, 0.2) is 0 Å². The third-order valence-electron chi connectivity index (χ3n) is 1.11. The zero-order chi connectivity index (χ0) is 14.2. The molecule has 0 aromatic carbocycles. The van der Waals surface area contributed by atoms with E-state index in [1.807, 2.05) is 64.2 Å². The van der Waals surface area contributed by atoms with Crippen molar-refractivity contribution >= 4 is 56.2 Å². The zero-order valence-electron chi connectivity index (χ0n) is 12.0. The van der Waals surface area contributed by atoms with Gasteiger partial charge in [0.25, 0.3) is 0 Å². The number of hydrogen-bond donors (Lipinski definition) is 0. The molecule has 103 valence electrons. The molecule has 0 amide bonds. The quantitative estimate of drug-likeness (QED) is 0.201. The molecule has 0 aromatic heterocycles. The summed E-state index contributed by atoms with van der Waals surface area (Å²) in [7, 11) is 0. The molecule has 0 N–H and O–H groups in total. The third kappa shape index (κ3) is 44.9. The van der Waals surface area contributed by atoms with Crippen molar-refractivity contribution in [3.8, 4) is 0 Å². The summed E-state index contributed by atoms with van der Waals surface area (Å²) in [5.41, 5.74) is 0. The second kappa shape index (κ2) is 22.9. The van der Waals surface area contributed by atoms with Crippen molar-refractivity contribution in [3.63, 3.8) is 0 Å². The Kier molecular flexibility index (Phi) is 32.0. The molecule has 2 aliphatic carbocycles. The predicted molar refractivity (Wildman–Crippen MR) is 106 cm³/mol. The molecular formula is C14H22I2NbSi2+2. The molecule has 0 unspecified atom stereocenters. The standard InChI is InChI=1S/2C5H5.2C2H6ISi.Nb/c2*1-2-4-5-3-1;2*1-4(2)3;/h2*1-5H;2*1-2H3;/q;;;;+2. The van der Waals surface area contributed by atoms with Crippen molar-refractivity contribution in [1.29, 1.82) is 0 Å². The molecule has 0 heterocycles. The fourth-order valence-electron chi connectivity index (χ4n) is 0.642. The topological polar surface area (TPSA) is 0 Å². The molecule has 0 aromatic rings. The van der Waals surface area contributed by atoms with Crippen molar-refractivity contribution in [1.82, 2.24) is 0 Å². The first-order chi connectivity index (χ1) is 8.46. The van der Waals surface area contributed by atoms with Crippen LogP contribution < -0.4 is 0 Å². The molecule has 0 bridgehead atoms. The molecule has 0 aliphatic heterocycles. The second-order valence-corrected chi connectivity index (χ2v) is 20.1. The molecule has 2 saturated carbocycles. The first-order valence-electron chi connectivity index (χ1n) is 5.71. The summed E-state index contributed by atoms with van der Waals surface area (Å²) < 4.78 is 0. The molecule has 2 rings (SSSR count). The van der Waals surface area contributed by atoms with Crippen molar-refractivity contribution in [2.75, 3.05) is 0 Å². The van der Waals surface area contributed by atoms with Gasteiger partial charge < -0.3 is 0 Å². The number of halogens is 2. The fourth-order valence-corrected chi connectivity index (χ4v) is 0.642. The van der Waals surface area contributed by atoms with Gasteiger partial charge in [0.2, 0.25) is 0 Å². The Morgan fingerprint density at radius 3 is 0.579 bits per heavy atom. The largest absolute Gasteiger partial charge is 2.00 e. The normalized spacial score (nSPS) is 16.4. The molecule has 0 atom stereocenters. The van der Waals surface area contributed by atoms with Crippen LogP contribution in [0.2, 0.25) is 26.2 Å². The average molecular weight is 593 g/mol. The second-order valence-electron chi connectivity index (χ2n) is 3.68. The Morgan fingerprint density at radius 2 is 0.526 bits per heavy atom. The molecule has 5 heteroatoms. The van der Waals surface area contributed by atoms with Crippen LogP contribution in [0, 0.1) is 64.2 Å². The summed E-state index contributed by atoms with van der Waals surface area (Å²) in [5, 5.41) is 0. The van der Waals surface area contributed by atoms with E-state index >= 15 is 0 Å². The van der Waals surface area contributed by atoms with Crippen LogP contribution in [0.1, 0.15) is 0 Å². The van der Waals surface area contributed by atoms with E-state index in [-0.39, 0.29) is 35.0 Å². The van der Waals surface area contributed by atoms with Crippen molar-refractivity contribution in [2.45, 2.75) is 26.2 Å². The van der Waals surface area contributed by atoms with E-state index in [9.17, 15) is 0 Å². The minimum Gasteiger partial charge on any atom is -0.122 e. The molecule has 0 spiro atoms. The van der Waals surface area contributed by atoms with E-state index < -0.39 is 0 Å². The summed E-state index contributed by atoms with van der Waals surface area (Å²) in [6.45, 7) is 9.02. The number of rotatable bonds is 0. The molecule has 13 radical (unpaired) electrons. The Hall–Kier alpha value is 2.63. The van der Waals surface area contributed by atoms with E-state index in [1.54, 1.807) is 0 Å². The maximum Gasteiger partial charge on any atom is 2.00 e.